The highest BCUT2D eigenvalue weighted by Crippen LogP contribution is 2.14. The first-order valence-electron chi connectivity index (χ1n) is 4.94. The molecule has 0 bridgehead atoms. The van der Waals surface area contributed by atoms with Crippen molar-refractivity contribution in [1.29, 1.82) is 0 Å². The zero-order chi connectivity index (χ0) is 9.40. The Labute approximate surface area is 76.7 Å². The average molecular weight is 173 g/mol. The lowest BCUT2D eigenvalue weighted by molar-refractivity contribution is 0.156. The second-order valence-electron chi connectivity index (χ2n) is 3.36. The Hall–Kier alpha value is -0.0800. The van der Waals surface area contributed by atoms with E-state index in [1.807, 2.05) is 7.05 Å². The zero-order valence-corrected chi connectivity index (χ0v) is 8.89. The summed E-state index contributed by atoms with van der Waals surface area (Å²) < 4.78 is 5.12. The summed E-state index contributed by atoms with van der Waals surface area (Å²) in [6.07, 6.45) is 3.79. The van der Waals surface area contributed by atoms with Gasteiger partial charge in [0.2, 0.25) is 0 Å². The van der Waals surface area contributed by atoms with Crippen molar-refractivity contribution in [2.45, 2.75) is 39.2 Å². The second-order valence-corrected chi connectivity index (χ2v) is 3.36. The average Bonchev–Trinajstić information content (AvgIpc) is 2.12. The molecular weight excluding hydrogens is 150 g/mol. The summed E-state index contributed by atoms with van der Waals surface area (Å²) in [5.74, 6) is 0.845. The van der Waals surface area contributed by atoms with Gasteiger partial charge in [-0.25, -0.2) is 0 Å². The van der Waals surface area contributed by atoms with Crippen molar-refractivity contribution in [3.8, 4) is 0 Å². The van der Waals surface area contributed by atoms with Gasteiger partial charge >= 0.3 is 0 Å². The van der Waals surface area contributed by atoms with E-state index >= 15 is 0 Å². The van der Waals surface area contributed by atoms with E-state index in [9.17, 15) is 0 Å². The Kier molecular flexibility index (Phi) is 7.51. The Morgan fingerprint density at radius 2 is 1.83 bits per heavy atom. The van der Waals surface area contributed by atoms with Gasteiger partial charge < -0.3 is 10.1 Å². The molecule has 1 N–H and O–H groups in total. The smallest absolute Gasteiger partial charge is 0.0615 e. The van der Waals surface area contributed by atoms with Crippen LogP contribution in [0, 0.1) is 5.92 Å². The monoisotopic (exact) mass is 173 g/mol. The molecule has 0 saturated heterocycles. The van der Waals surface area contributed by atoms with Gasteiger partial charge in [0.05, 0.1) is 6.61 Å². The molecule has 0 aromatic rings. The van der Waals surface area contributed by atoms with Gasteiger partial charge in [0.15, 0.2) is 0 Å². The summed E-state index contributed by atoms with van der Waals surface area (Å²) in [6.45, 7) is 5.34. The molecule has 0 aliphatic carbocycles. The highest BCUT2D eigenvalue weighted by molar-refractivity contribution is 4.68. The van der Waals surface area contributed by atoms with E-state index in [1.54, 1.807) is 7.11 Å². The maximum atomic E-state index is 5.12. The summed E-state index contributed by atoms with van der Waals surface area (Å²) in [6, 6.07) is 0.528. The number of likely N-dealkylation sites (N-methyl/N-ethyl adjacent to an activating group) is 1. The van der Waals surface area contributed by atoms with Crippen LogP contribution in [0.1, 0.15) is 33.1 Å². The molecule has 74 valence electrons. The molecule has 2 heteroatoms. The minimum atomic E-state index is 0.528. The molecule has 0 radical (unpaired) electrons. The lowest BCUT2D eigenvalue weighted by Crippen LogP contribution is -2.32. The quantitative estimate of drug-likeness (QED) is 0.636. The molecule has 0 saturated carbocycles. The summed E-state index contributed by atoms with van der Waals surface area (Å²) in [5, 5.41) is 3.28. The van der Waals surface area contributed by atoms with Crippen LogP contribution in [0.4, 0.5) is 0 Å². The van der Waals surface area contributed by atoms with Gasteiger partial charge in [0.25, 0.3) is 0 Å². The van der Waals surface area contributed by atoms with Gasteiger partial charge in [-0.05, 0) is 19.4 Å². The van der Waals surface area contributed by atoms with Crippen LogP contribution in [0.2, 0.25) is 0 Å². The lowest BCUT2D eigenvalue weighted by atomic mass is 9.95. The molecule has 1 atom stereocenters. The van der Waals surface area contributed by atoms with E-state index < -0.39 is 0 Å². The van der Waals surface area contributed by atoms with Gasteiger partial charge in [-0.2, -0.15) is 0 Å². The van der Waals surface area contributed by atoms with Crippen molar-refractivity contribution in [2.75, 3.05) is 20.8 Å². The van der Waals surface area contributed by atoms with Crippen LogP contribution in [0.3, 0.4) is 0 Å². The maximum Gasteiger partial charge on any atom is 0.0615 e. The molecule has 0 aromatic carbocycles. The van der Waals surface area contributed by atoms with Gasteiger partial charge in [-0.1, -0.05) is 26.7 Å². The lowest BCUT2D eigenvalue weighted by Gasteiger charge is -2.20. The van der Waals surface area contributed by atoms with Gasteiger partial charge in [0.1, 0.15) is 0 Å². The number of hydrogen-bond acceptors (Lipinski definition) is 2. The predicted octanol–water partition coefficient (Wildman–Crippen LogP) is 2.05. The fourth-order valence-corrected chi connectivity index (χ4v) is 1.49. The van der Waals surface area contributed by atoms with E-state index in [2.05, 4.69) is 19.2 Å². The van der Waals surface area contributed by atoms with E-state index in [4.69, 9.17) is 4.74 Å². The molecule has 1 unspecified atom stereocenters. The molecule has 0 aromatic heterocycles. The Morgan fingerprint density at radius 3 is 2.17 bits per heavy atom. The van der Waals surface area contributed by atoms with Gasteiger partial charge in [0, 0.05) is 13.2 Å². The fraction of sp³-hybridized carbons (Fsp3) is 1.00. The van der Waals surface area contributed by atoms with Crippen LogP contribution in [-0.2, 0) is 4.74 Å². The van der Waals surface area contributed by atoms with Crippen LogP contribution in [-0.4, -0.2) is 26.8 Å². The highest BCUT2D eigenvalue weighted by atomic mass is 16.5. The molecule has 0 rings (SSSR count). The molecule has 0 heterocycles. The Bertz CT molecular complexity index is 91.8. The van der Waals surface area contributed by atoms with Crippen LogP contribution < -0.4 is 5.32 Å². The number of ether oxygens (including phenoxy) is 1. The van der Waals surface area contributed by atoms with Crippen molar-refractivity contribution in [3.63, 3.8) is 0 Å². The topological polar surface area (TPSA) is 21.3 Å². The minimum Gasteiger partial charge on any atom is -0.383 e. The van der Waals surface area contributed by atoms with Crippen LogP contribution >= 0.6 is 0 Å². The number of nitrogens with one attached hydrogen (secondary N) is 1. The van der Waals surface area contributed by atoms with Crippen LogP contribution in [0.25, 0.3) is 0 Å². The van der Waals surface area contributed by atoms with E-state index in [1.165, 1.54) is 19.3 Å². The first-order valence-corrected chi connectivity index (χ1v) is 4.94. The zero-order valence-electron chi connectivity index (χ0n) is 8.89. The van der Waals surface area contributed by atoms with Crippen molar-refractivity contribution in [1.82, 2.24) is 5.32 Å². The summed E-state index contributed by atoms with van der Waals surface area (Å²) in [4.78, 5) is 0. The fourth-order valence-electron chi connectivity index (χ4n) is 1.49. The third-order valence-electron chi connectivity index (χ3n) is 2.55. The normalized spacial score (nSPS) is 13.8. The molecule has 2 nitrogen and oxygen atoms in total. The van der Waals surface area contributed by atoms with E-state index in [0.717, 1.165) is 12.5 Å². The molecule has 0 amide bonds. The van der Waals surface area contributed by atoms with Crippen molar-refractivity contribution in [2.24, 2.45) is 5.92 Å². The van der Waals surface area contributed by atoms with Crippen LogP contribution in [0.5, 0.6) is 0 Å². The standard InChI is InChI=1S/C10H23NO/c1-5-9(6-2)7-10(11-3)8-12-4/h9-11H,5-8H2,1-4H3. The third kappa shape index (κ3) is 4.73. The summed E-state index contributed by atoms with van der Waals surface area (Å²) >= 11 is 0. The van der Waals surface area contributed by atoms with Gasteiger partial charge in [-0.3, -0.25) is 0 Å². The van der Waals surface area contributed by atoms with Crippen molar-refractivity contribution in [3.05, 3.63) is 0 Å². The Balaban J connectivity index is 3.65. The van der Waals surface area contributed by atoms with E-state index in [-0.39, 0.29) is 0 Å². The molecule has 0 aliphatic rings. The summed E-state index contributed by atoms with van der Waals surface area (Å²) in [5.41, 5.74) is 0. The number of methoxy groups -OCH3 is 1. The van der Waals surface area contributed by atoms with Crippen molar-refractivity contribution < 1.29 is 4.74 Å². The Morgan fingerprint density at radius 1 is 1.25 bits per heavy atom. The first-order chi connectivity index (χ1) is 5.78. The first kappa shape index (κ1) is 11.9. The molecule has 12 heavy (non-hydrogen) atoms. The molecule has 0 spiro atoms. The third-order valence-corrected chi connectivity index (χ3v) is 2.55. The SMILES string of the molecule is CCC(CC)CC(COC)NC. The number of rotatable bonds is 7. The van der Waals surface area contributed by atoms with Crippen LogP contribution in [0.15, 0.2) is 0 Å². The predicted molar refractivity (Wildman–Crippen MR) is 53.4 cm³/mol. The maximum absolute atomic E-state index is 5.12. The largest absolute Gasteiger partial charge is 0.383 e. The minimum absolute atomic E-state index is 0.528. The summed E-state index contributed by atoms with van der Waals surface area (Å²) in [7, 11) is 3.77. The highest BCUT2D eigenvalue weighted by Gasteiger charge is 2.11. The van der Waals surface area contributed by atoms with Gasteiger partial charge in [-0.15, -0.1) is 0 Å². The second kappa shape index (κ2) is 7.56. The van der Waals surface area contributed by atoms with Crippen molar-refractivity contribution >= 4 is 0 Å². The molecular formula is C10H23NO. The molecule has 0 fully saturated rings. The van der Waals surface area contributed by atoms with E-state index in [0.29, 0.717) is 6.04 Å². The molecule has 0 aliphatic heterocycles. The number of hydrogen-bond donors (Lipinski definition) is 1.